The Balaban J connectivity index is 2.14. The number of carbonyl (C=O) groups excluding carboxylic acids is 1. The minimum absolute atomic E-state index is 0.0690. The van der Waals surface area contributed by atoms with Crippen LogP contribution in [-0.2, 0) is 10.2 Å². The lowest BCUT2D eigenvalue weighted by Crippen LogP contribution is -2.56. The quantitative estimate of drug-likeness (QED) is 0.486. The lowest BCUT2D eigenvalue weighted by Gasteiger charge is -2.43. The number of piperidine rings is 1. The van der Waals surface area contributed by atoms with Crippen molar-refractivity contribution in [3.05, 3.63) is 56.8 Å². The smallest absolute Gasteiger partial charge is 0.292 e. The monoisotopic (exact) mass is 475 g/mol. The first-order valence-electron chi connectivity index (χ1n) is 10.9. The number of hydrogen-bond acceptors (Lipinski definition) is 6. The second-order valence-corrected chi connectivity index (χ2v) is 10.0. The van der Waals surface area contributed by atoms with E-state index in [2.05, 4.69) is 5.32 Å². The van der Waals surface area contributed by atoms with Gasteiger partial charge in [-0.2, -0.15) is 0 Å². The number of ether oxygens (including phenoxy) is 1. The highest BCUT2D eigenvalue weighted by molar-refractivity contribution is 6.32. The van der Waals surface area contributed by atoms with Crippen molar-refractivity contribution in [1.82, 2.24) is 5.32 Å². The van der Waals surface area contributed by atoms with Crippen LogP contribution in [0.5, 0.6) is 5.75 Å². The van der Waals surface area contributed by atoms with Gasteiger partial charge in [0.05, 0.1) is 22.7 Å². The van der Waals surface area contributed by atoms with Gasteiger partial charge >= 0.3 is 0 Å². The number of benzene rings is 2. The van der Waals surface area contributed by atoms with Crippen LogP contribution < -0.4 is 15.0 Å². The van der Waals surface area contributed by atoms with Crippen molar-refractivity contribution in [1.29, 1.82) is 0 Å². The number of Topliss-reactive ketones (excluding diaryl/α,β-unsaturated/α-hetero) is 1. The number of carbonyl (C=O) groups is 1. The molecule has 0 saturated carbocycles. The Kier molecular flexibility index (Phi) is 5.87. The van der Waals surface area contributed by atoms with Crippen molar-refractivity contribution in [2.45, 2.75) is 45.1 Å². The predicted octanol–water partition coefficient (Wildman–Crippen LogP) is 5.15. The van der Waals surface area contributed by atoms with Gasteiger partial charge in [-0.25, -0.2) is 4.39 Å². The van der Waals surface area contributed by atoms with E-state index in [1.54, 1.807) is 23.1 Å². The van der Waals surface area contributed by atoms with Crippen LogP contribution in [0.2, 0.25) is 5.02 Å². The van der Waals surface area contributed by atoms with Crippen LogP contribution in [0.25, 0.3) is 0 Å². The normalized spacial score (nSPS) is 19.5. The Hall–Kier alpha value is -2.71. The maximum Gasteiger partial charge on any atom is 0.292 e. The molecule has 2 aromatic carbocycles. The molecule has 4 rings (SSSR count). The second kappa shape index (κ2) is 8.25. The highest BCUT2D eigenvalue weighted by Crippen LogP contribution is 2.60. The minimum Gasteiger partial charge on any atom is -0.494 e. The van der Waals surface area contributed by atoms with E-state index in [1.165, 1.54) is 19.2 Å². The molecule has 2 heterocycles. The van der Waals surface area contributed by atoms with Gasteiger partial charge in [-0.3, -0.25) is 14.9 Å². The van der Waals surface area contributed by atoms with Gasteiger partial charge < -0.3 is 15.0 Å². The highest BCUT2D eigenvalue weighted by Gasteiger charge is 2.59. The Morgan fingerprint density at radius 3 is 2.52 bits per heavy atom. The number of anilines is 2. The molecule has 0 aliphatic carbocycles. The van der Waals surface area contributed by atoms with Crippen molar-refractivity contribution >= 4 is 34.4 Å². The molecule has 176 valence electrons. The molecule has 2 aromatic rings. The SMILES string of the molecule is COc1cc(F)c(Cl)c2c1N(c1ccccc1[N+](=O)[O-])C(C(=O)C(C)(C)C)C21CCNCC1. The fraction of sp³-hybridized carbons (Fsp3) is 0.458. The molecule has 1 spiro atoms. The third-order valence-corrected chi connectivity index (χ3v) is 7.09. The molecule has 0 radical (unpaired) electrons. The van der Waals surface area contributed by atoms with Crippen molar-refractivity contribution in [2.24, 2.45) is 5.41 Å². The number of halogens is 2. The Morgan fingerprint density at radius 1 is 1.30 bits per heavy atom. The van der Waals surface area contributed by atoms with Crippen molar-refractivity contribution in [3.63, 3.8) is 0 Å². The molecule has 1 N–H and O–H groups in total. The number of nitro groups is 1. The average molecular weight is 476 g/mol. The van der Waals surface area contributed by atoms with Gasteiger partial charge in [0.2, 0.25) is 0 Å². The molecular weight excluding hydrogens is 449 g/mol. The third-order valence-electron chi connectivity index (χ3n) is 6.72. The molecule has 7 nitrogen and oxygen atoms in total. The van der Waals surface area contributed by atoms with E-state index in [0.717, 1.165) is 0 Å². The van der Waals surface area contributed by atoms with Crippen LogP contribution in [0.15, 0.2) is 30.3 Å². The molecule has 1 saturated heterocycles. The number of methoxy groups -OCH3 is 1. The molecule has 1 unspecified atom stereocenters. The highest BCUT2D eigenvalue weighted by atomic mass is 35.5. The molecule has 9 heteroatoms. The molecular formula is C24H27ClFN3O4. The van der Waals surface area contributed by atoms with E-state index >= 15 is 4.39 Å². The van der Waals surface area contributed by atoms with E-state index in [9.17, 15) is 14.9 Å². The van der Waals surface area contributed by atoms with Crippen LogP contribution in [0.1, 0.15) is 39.2 Å². The number of rotatable bonds is 4. The summed E-state index contributed by atoms with van der Waals surface area (Å²) in [6, 6.07) is 6.64. The molecule has 33 heavy (non-hydrogen) atoms. The Bertz CT molecular complexity index is 1130. The summed E-state index contributed by atoms with van der Waals surface area (Å²) < 4.78 is 20.6. The second-order valence-electron chi connectivity index (χ2n) is 9.64. The molecule has 2 aliphatic rings. The number of hydrogen-bond donors (Lipinski definition) is 1. The zero-order chi connectivity index (χ0) is 24.1. The molecule has 0 bridgehead atoms. The maximum atomic E-state index is 15.0. The predicted molar refractivity (Wildman–Crippen MR) is 125 cm³/mol. The maximum absolute atomic E-state index is 15.0. The van der Waals surface area contributed by atoms with Gasteiger partial charge in [0, 0.05) is 28.5 Å². The summed E-state index contributed by atoms with van der Waals surface area (Å²) in [5, 5.41) is 15.2. The summed E-state index contributed by atoms with van der Waals surface area (Å²) in [6.07, 6.45) is 1.05. The topological polar surface area (TPSA) is 84.7 Å². The number of ketones is 1. The van der Waals surface area contributed by atoms with Crippen molar-refractivity contribution in [3.8, 4) is 5.75 Å². The number of nitrogens with one attached hydrogen (secondary N) is 1. The van der Waals surface area contributed by atoms with Crippen LogP contribution in [-0.4, -0.2) is 36.9 Å². The molecule has 1 atom stereocenters. The largest absolute Gasteiger partial charge is 0.494 e. The fourth-order valence-electron chi connectivity index (χ4n) is 5.21. The van der Waals surface area contributed by atoms with Crippen molar-refractivity contribution in [2.75, 3.05) is 25.1 Å². The molecule has 0 amide bonds. The van der Waals surface area contributed by atoms with Gasteiger partial charge in [-0.1, -0.05) is 44.5 Å². The molecule has 1 fully saturated rings. The average Bonchev–Trinajstić information content (AvgIpc) is 3.05. The van der Waals surface area contributed by atoms with E-state index < -0.39 is 27.6 Å². The number of nitrogens with zero attached hydrogens (tertiary/aromatic N) is 2. The number of fused-ring (bicyclic) bond motifs is 2. The summed E-state index contributed by atoms with van der Waals surface area (Å²) in [4.78, 5) is 27.2. The zero-order valence-corrected chi connectivity index (χ0v) is 19.8. The minimum atomic E-state index is -0.832. The van der Waals surface area contributed by atoms with Crippen LogP contribution in [0.4, 0.5) is 21.5 Å². The summed E-state index contributed by atoms with van der Waals surface area (Å²) in [5.74, 6) is -0.555. The molecule has 0 aromatic heterocycles. The first-order chi connectivity index (χ1) is 15.5. The van der Waals surface area contributed by atoms with E-state index in [0.29, 0.717) is 37.2 Å². The van der Waals surface area contributed by atoms with Crippen LogP contribution >= 0.6 is 11.6 Å². The van der Waals surface area contributed by atoms with Gasteiger partial charge in [0.25, 0.3) is 5.69 Å². The first kappa shape index (κ1) is 23.4. The van der Waals surface area contributed by atoms with E-state index in [-0.39, 0.29) is 27.9 Å². The van der Waals surface area contributed by atoms with E-state index in [1.807, 2.05) is 20.8 Å². The third kappa shape index (κ3) is 3.56. The summed E-state index contributed by atoms with van der Waals surface area (Å²) in [7, 11) is 1.41. The standard InChI is InChI=1S/C24H27ClFN3O4/c1-23(2,3)22(30)21-24(9-11-27-12-10-24)18-19(25)14(26)13-17(33-4)20(18)28(21)15-7-5-6-8-16(15)29(31)32/h5-8,13,21,27H,9-12H2,1-4H3. The van der Waals surface area contributed by atoms with Crippen LogP contribution in [0.3, 0.4) is 0 Å². The van der Waals surface area contributed by atoms with E-state index in [4.69, 9.17) is 16.3 Å². The summed E-state index contributed by atoms with van der Waals surface area (Å²) in [5.41, 5.74) is -0.580. The fourth-order valence-corrected chi connectivity index (χ4v) is 5.54. The number of nitro benzene ring substituents is 1. The van der Waals surface area contributed by atoms with Crippen LogP contribution in [0, 0.1) is 21.3 Å². The summed E-state index contributed by atoms with van der Waals surface area (Å²) in [6.45, 7) is 6.68. The van der Waals surface area contributed by atoms with Gasteiger partial charge in [0.1, 0.15) is 23.3 Å². The first-order valence-corrected chi connectivity index (χ1v) is 11.3. The van der Waals surface area contributed by atoms with Gasteiger partial charge in [-0.15, -0.1) is 0 Å². The lowest BCUT2D eigenvalue weighted by molar-refractivity contribution is -0.384. The number of para-hydroxylation sites is 2. The van der Waals surface area contributed by atoms with Gasteiger partial charge in [-0.05, 0) is 32.0 Å². The summed E-state index contributed by atoms with van der Waals surface area (Å²) >= 11 is 6.61. The zero-order valence-electron chi connectivity index (χ0n) is 19.1. The molecule has 2 aliphatic heterocycles. The Morgan fingerprint density at radius 2 is 1.94 bits per heavy atom. The van der Waals surface area contributed by atoms with Gasteiger partial charge in [0.15, 0.2) is 5.78 Å². The van der Waals surface area contributed by atoms with Crippen molar-refractivity contribution < 1.29 is 18.8 Å². The lowest BCUT2D eigenvalue weighted by atomic mass is 9.65. The Labute approximate surface area is 197 Å².